The van der Waals surface area contributed by atoms with Gasteiger partial charge in [0, 0.05) is 5.56 Å². The molecule has 0 radical (unpaired) electrons. The highest BCUT2D eigenvalue weighted by molar-refractivity contribution is 5.73. The number of carbonyl (C=O) groups is 1. The molecule has 2 rings (SSSR count). The summed E-state index contributed by atoms with van der Waals surface area (Å²) in [6, 6.07) is 11.4. The van der Waals surface area contributed by atoms with Crippen molar-refractivity contribution in [2.24, 2.45) is 5.92 Å². The number of aryl methyl sites for hydroxylation is 1. The molecule has 118 valence electrons. The average molecular weight is 301 g/mol. The zero-order valence-corrected chi connectivity index (χ0v) is 13.3. The fraction of sp³-hybridized carbons (Fsp3) is 0.389. The van der Waals surface area contributed by atoms with Crippen molar-refractivity contribution < 1.29 is 14.3 Å². The summed E-state index contributed by atoms with van der Waals surface area (Å²) in [7, 11) is 0. The van der Waals surface area contributed by atoms with Crippen LogP contribution in [0.1, 0.15) is 31.6 Å². The van der Waals surface area contributed by atoms with E-state index in [0.29, 0.717) is 18.9 Å². The number of carboxylic acids is 1. The maximum atomic E-state index is 11.2. The van der Waals surface area contributed by atoms with Crippen molar-refractivity contribution in [3.05, 3.63) is 47.7 Å². The molecule has 4 heteroatoms. The van der Waals surface area contributed by atoms with Gasteiger partial charge in [-0.3, -0.25) is 10.1 Å². The number of nitrogens with one attached hydrogen (secondary N) is 1. The molecule has 1 heterocycles. The summed E-state index contributed by atoms with van der Waals surface area (Å²) >= 11 is 0. The van der Waals surface area contributed by atoms with Gasteiger partial charge in [0.1, 0.15) is 17.6 Å². The van der Waals surface area contributed by atoms with E-state index in [0.717, 1.165) is 17.1 Å². The van der Waals surface area contributed by atoms with Crippen LogP contribution in [0, 0.1) is 12.8 Å². The lowest BCUT2D eigenvalue weighted by Crippen LogP contribution is -2.37. The minimum absolute atomic E-state index is 0.327. The molecular weight excluding hydrogens is 278 g/mol. The molecule has 1 aromatic carbocycles. The maximum Gasteiger partial charge on any atom is 0.320 e. The van der Waals surface area contributed by atoms with Gasteiger partial charge in [0.05, 0.1) is 6.54 Å². The highest BCUT2D eigenvalue weighted by Crippen LogP contribution is 2.22. The van der Waals surface area contributed by atoms with Crippen LogP contribution in [0.15, 0.2) is 40.8 Å². The predicted molar refractivity (Wildman–Crippen MR) is 86.6 cm³/mol. The normalized spacial score (nSPS) is 12.5. The fourth-order valence-corrected chi connectivity index (χ4v) is 2.31. The Bertz CT molecular complexity index is 614. The van der Waals surface area contributed by atoms with E-state index in [-0.39, 0.29) is 0 Å². The molecule has 0 amide bonds. The van der Waals surface area contributed by atoms with Crippen molar-refractivity contribution in [1.82, 2.24) is 5.32 Å². The van der Waals surface area contributed by atoms with Crippen LogP contribution in [0.2, 0.25) is 0 Å². The lowest BCUT2D eigenvalue weighted by atomic mass is 10.0. The van der Waals surface area contributed by atoms with E-state index in [2.05, 4.69) is 5.32 Å². The first-order chi connectivity index (χ1) is 10.5. The number of hydrogen-bond acceptors (Lipinski definition) is 3. The minimum atomic E-state index is -0.820. The average Bonchev–Trinajstić information content (AvgIpc) is 2.92. The molecule has 0 bridgehead atoms. The molecule has 22 heavy (non-hydrogen) atoms. The van der Waals surface area contributed by atoms with E-state index in [9.17, 15) is 9.90 Å². The quantitative estimate of drug-likeness (QED) is 0.815. The van der Waals surface area contributed by atoms with Gasteiger partial charge in [0.25, 0.3) is 0 Å². The van der Waals surface area contributed by atoms with E-state index in [1.165, 1.54) is 5.56 Å². The molecule has 0 saturated carbocycles. The molecule has 2 N–H and O–H groups in total. The smallest absolute Gasteiger partial charge is 0.320 e. The third-order valence-corrected chi connectivity index (χ3v) is 3.53. The summed E-state index contributed by atoms with van der Waals surface area (Å²) in [6.45, 7) is 6.48. The zero-order valence-electron chi connectivity index (χ0n) is 13.3. The maximum absolute atomic E-state index is 11.2. The van der Waals surface area contributed by atoms with Crippen molar-refractivity contribution in [1.29, 1.82) is 0 Å². The Balaban J connectivity index is 1.99. The van der Waals surface area contributed by atoms with Gasteiger partial charge in [-0.2, -0.15) is 0 Å². The summed E-state index contributed by atoms with van der Waals surface area (Å²) < 4.78 is 5.79. The first-order valence-electron chi connectivity index (χ1n) is 7.57. The van der Waals surface area contributed by atoms with Crippen LogP contribution in [-0.4, -0.2) is 17.1 Å². The van der Waals surface area contributed by atoms with Gasteiger partial charge in [-0.1, -0.05) is 43.7 Å². The van der Waals surface area contributed by atoms with Gasteiger partial charge < -0.3 is 9.52 Å². The van der Waals surface area contributed by atoms with E-state index in [4.69, 9.17) is 4.42 Å². The number of furan rings is 1. The highest BCUT2D eigenvalue weighted by atomic mass is 16.4. The van der Waals surface area contributed by atoms with Crippen molar-refractivity contribution in [2.75, 3.05) is 0 Å². The second kappa shape index (κ2) is 7.27. The molecule has 0 saturated heterocycles. The molecule has 1 unspecified atom stereocenters. The Morgan fingerprint density at radius 3 is 2.45 bits per heavy atom. The second-order valence-corrected chi connectivity index (χ2v) is 6.03. The number of rotatable bonds is 7. The molecule has 0 fully saturated rings. The first kappa shape index (κ1) is 16.3. The highest BCUT2D eigenvalue weighted by Gasteiger charge is 2.18. The van der Waals surface area contributed by atoms with Crippen LogP contribution < -0.4 is 5.32 Å². The van der Waals surface area contributed by atoms with Gasteiger partial charge in [-0.15, -0.1) is 0 Å². The zero-order chi connectivity index (χ0) is 16.1. The third-order valence-electron chi connectivity index (χ3n) is 3.53. The standard InChI is InChI=1S/C18H23NO3/c1-12(2)10-16(18(20)21)19-11-15-8-9-17(22-15)14-6-4-13(3)5-7-14/h4-9,12,16,19H,10-11H2,1-3H3,(H,20,21). The summed E-state index contributed by atoms with van der Waals surface area (Å²) in [6.07, 6.45) is 0.598. The van der Waals surface area contributed by atoms with Gasteiger partial charge in [0.15, 0.2) is 0 Å². The second-order valence-electron chi connectivity index (χ2n) is 6.03. The van der Waals surface area contributed by atoms with Crippen molar-refractivity contribution in [3.8, 4) is 11.3 Å². The minimum Gasteiger partial charge on any atom is -0.480 e. The van der Waals surface area contributed by atoms with Gasteiger partial charge in [0.2, 0.25) is 0 Å². The van der Waals surface area contributed by atoms with Gasteiger partial charge in [-0.05, 0) is 31.4 Å². The van der Waals surface area contributed by atoms with E-state index in [1.54, 1.807) is 0 Å². The van der Waals surface area contributed by atoms with Crippen LogP contribution >= 0.6 is 0 Å². The number of benzene rings is 1. The lowest BCUT2D eigenvalue weighted by Gasteiger charge is -2.15. The molecule has 0 aliphatic rings. The summed E-state index contributed by atoms with van der Waals surface area (Å²) in [5.41, 5.74) is 2.23. The molecule has 1 aromatic heterocycles. The molecule has 0 aliphatic carbocycles. The Morgan fingerprint density at radius 1 is 1.18 bits per heavy atom. The van der Waals surface area contributed by atoms with E-state index < -0.39 is 12.0 Å². The monoisotopic (exact) mass is 301 g/mol. The van der Waals surface area contributed by atoms with Crippen LogP contribution in [0.5, 0.6) is 0 Å². The molecule has 1 atom stereocenters. The summed E-state index contributed by atoms with van der Waals surface area (Å²) in [5.74, 6) is 1.05. The number of aliphatic carboxylic acids is 1. The molecule has 0 aliphatic heterocycles. The number of hydrogen-bond donors (Lipinski definition) is 2. The Hall–Kier alpha value is -2.07. The predicted octanol–water partition coefficient (Wildman–Crippen LogP) is 3.84. The van der Waals surface area contributed by atoms with E-state index in [1.807, 2.05) is 57.2 Å². The fourth-order valence-electron chi connectivity index (χ4n) is 2.31. The Morgan fingerprint density at radius 2 is 1.86 bits per heavy atom. The van der Waals surface area contributed by atoms with Gasteiger partial charge in [-0.25, -0.2) is 0 Å². The van der Waals surface area contributed by atoms with Crippen molar-refractivity contribution in [3.63, 3.8) is 0 Å². The molecule has 4 nitrogen and oxygen atoms in total. The largest absolute Gasteiger partial charge is 0.480 e. The lowest BCUT2D eigenvalue weighted by molar-refractivity contribution is -0.140. The molecular formula is C18H23NO3. The van der Waals surface area contributed by atoms with Crippen LogP contribution in [0.4, 0.5) is 0 Å². The third kappa shape index (κ3) is 4.46. The SMILES string of the molecule is Cc1ccc(-c2ccc(CNC(CC(C)C)C(=O)O)o2)cc1. The first-order valence-corrected chi connectivity index (χ1v) is 7.57. The summed E-state index contributed by atoms with van der Waals surface area (Å²) in [5, 5.41) is 12.3. The number of carboxylic acid groups (broad SMARTS) is 1. The van der Waals surface area contributed by atoms with Crippen LogP contribution in [0.3, 0.4) is 0 Å². The van der Waals surface area contributed by atoms with Crippen LogP contribution in [0.25, 0.3) is 11.3 Å². The Kier molecular flexibility index (Phi) is 5.39. The Labute approximate surface area is 131 Å². The summed E-state index contributed by atoms with van der Waals surface area (Å²) in [4.78, 5) is 11.2. The molecule has 2 aromatic rings. The topological polar surface area (TPSA) is 62.5 Å². The van der Waals surface area contributed by atoms with Crippen molar-refractivity contribution in [2.45, 2.75) is 39.8 Å². The van der Waals surface area contributed by atoms with Gasteiger partial charge >= 0.3 is 5.97 Å². The van der Waals surface area contributed by atoms with Crippen LogP contribution in [-0.2, 0) is 11.3 Å². The van der Waals surface area contributed by atoms with E-state index >= 15 is 0 Å². The van der Waals surface area contributed by atoms with Crippen molar-refractivity contribution >= 4 is 5.97 Å². The molecule has 0 spiro atoms.